The van der Waals surface area contributed by atoms with Gasteiger partial charge in [0.15, 0.2) is 6.04 Å². The maximum absolute atomic E-state index is 11.2. The third-order valence-electron chi connectivity index (χ3n) is 2.04. The number of hydrogen-bond acceptors (Lipinski definition) is 4. The summed E-state index contributed by atoms with van der Waals surface area (Å²) in [4.78, 5) is 16.4. The van der Waals surface area contributed by atoms with Crippen molar-refractivity contribution in [3.8, 4) is 0 Å². The molecule has 2 heterocycles. The van der Waals surface area contributed by atoms with E-state index in [9.17, 15) is 4.79 Å². The third kappa shape index (κ3) is 1.49. The van der Waals surface area contributed by atoms with Crippen LogP contribution in [-0.4, -0.2) is 25.3 Å². The van der Waals surface area contributed by atoms with Crippen molar-refractivity contribution in [3.05, 3.63) is 21.9 Å². The minimum Gasteiger partial charge on any atom is -0.467 e. The second kappa shape index (κ2) is 3.30. The molecular weight excluding hydrogens is 186 g/mol. The molecule has 4 heteroatoms. The molecule has 3 nitrogen and oxygen atoms in total. The zero-order valence-corrected chi connectivity index (χ0v) is 8.00. The maximum Gasteiger partial charge on any atom is 0.330 e. The molecule has 0 saturated carbocycles. The molecule has 1 aliphatic rings. The summed E-state index contributed by atoms with van der Waals surface area (Å²) in [6.07, 6.45) is 2.42. The number of esters is 1. The SMILES string of the molecule is COC(=O)C1Cc2ccsc2C=N1. The number of aliphatic imine (C=N–C) groups is 1. The summed E-state index contributed by atoms with van der Waals surface area (Å²) in [6, 6.07) is 1.69. The molecule has 1 aliphatic heterocycles. The summed E-state index contributed by atoms with van der Waals surface area (Å²) in [7, 11) is 1.39. The van der Waals surface area contributed by atoms with Gasteiger partial charge < -0.3 is 4.74 Å². The van der Waals surface area contributed by atoms with Gasteiger partial charge in [-0.3, -0.25) is 4.99 Å². The first-order chi connectivity index (χ1) is 6.31. The van der Waals surface area contributed by atoms with E-state index in [-0.39, 0.29) is 12.0 Å². The fraction of sp³-hybridized carbons (Fsp3) is 0.333. The van der Waals surface area contributed by atoms with Crippen LogP contribution < -0.4 is 0 Å². The highest BCUT2D eigenvalue weighted by Gasteiger charge is 2.22. The Kier molecular flexibility index (Phi) is 2.14. The van der Waals surface area contributed by atoms with Gasteiger partial charge in [0.25, 0.3) is 0 Å². The van der Waals surface area contributed by atoms with E-state index in [0.29, 0.717) is 6.42 Å². The summed E-state index contributed by atoms with van der Waals surface area (Å²) >= 11 is 1.65. The lowest BCUT2D eigenvalue weighted by Crippen LogP contribution is -2.25. The predicted octanol–water partition coefficient (Wildman–Crippen LogP) is 1.26. The van der Waals surface area contributed by atoms with Crippen molar-refractivity contribution >= 4 is 23.5 Å². The Labute approximate surface area is 80.1 Å². The molecule has 1 aromatic heterocycles. The van der Waals surface area contributed by atoms with Crippen molar-refractivity contribution in [3.63, 3.8) is 0 Å². The highest BCUT2D eigenvalue weighted by molar-refractivity contribution is 7.11. The molecule has 0 radical (unpaired) electrons. The molecule has 0 spiro atoms. The number of nitrogens with zero attached hydrogens (tertiary/aromatic N) is 1. The summed E-state index contributed by atoms with van der Waals surface area (Å²) in [5.41, 5.74) is 1.19. The first-order valence-corrected chi connectivity index (χ1v) is 4.86. The van der Waals surface area contributed by atoms with Crippen molar-refractivity contribution in [2.24, 2.45) is 4.99 Å². The van der Waals surface area contributed by atoms with E-state index in [1.165, 1.54) is 12.7 Å². The largest absolute Gasteiger partial charge is 0.467 e. The van der Waals surface area contributed by atoms with Crippen LogP contribution in [0, 0.1) is 0 Å². The van der Waals surface area contributed by atoms with Gasteiger partial charge in [0, 0.05) is 17.5 Å². The van der Waals surface area contributed by atoms with Crippen LogP contribution in [0.1, 0.15) is 10.4 Å². The number of carbonyl (C=O) groups is 1. The van der Waals surface area contributed by atoms with E-state index in [1.54, 1.807) is 17.6 Å². The zero-order chi connectivity index (χ0) is 9.26. The molecule has 68 valence electrons. The predicted molar refractivity (Wildman–Crippen MR) is 51.4 cm³/mol. The van der Waals surface area contributed by atoms with E-state index in [1.807, 2.05) is 11.4 Å². The maximum atomic E-state index is 11.2. The number of methoxy groups -OCH3 is 1. The highest BCUT2D eigenvalue weighted by atomic mass is 32.1. The van der Waals surface area contributed by atoms with Gasteiger partial charge in [-0.1, -0.05) is 0 Å². The van der Waals surface area contributed by atoms with Crippen molar-refractivity contribution in [2.75, 3.05) is 7.11 Å². The van der Waals surface area contributed by atoms with Crippen molar-refractivity contribution in [1.29, 1.82) is 0 Å². The van der Waals surface area contributed by atoms with E-state index >= 15 is 0 Å². The zero-order valence-electron chi connectivity index (χ0n) is 7.19. The Balaban J connectivity index is 2.21. The average molecular weight is 195 g/mol. The molecule has 1 unspecified atom stereocenters. The Morgan fingerprint density at radius 2 is 2.62 bits per heavy atom. The standard InChI is InChI=1S/C9H9NO2S/c1-12-9(11)7-4-6-2-3-13-8(6)5-10-7/h2-3,5,7H,4H2,1H3. The van der Waals surface area contributed by atoms with Crippen LogP contribution >= 0.6 is 11.3 Å². The van der Waals surface area contributed by atoms with Crippen LogP contribution in [0.15, 0.2) is 16.4 Å². The Hall–Kier alpha value is -1.16. The van der Waals surface area contributed by atoms with Gasteiger partial charge in [0.2, 0.25) is 0 Å². The van der Waals surface area contributed by atoms with Crippen molar-refractivity contribution < 1.29 is 9.53 Å². The van der Waals surface area contributed by atoms with Gasteiger partial charge in [-0.15, -0.1) is 11.3 Å². The molecule has 0 saturated heterocycles. The number of rotatable bonds is 1. The Morgan fingerprint density at radius 1 is 1.77 bits per heavy atom. The molecule has 0 amide bonds. The fourth-order valence-corrected chi connectivity index (χ4v) is 2.13. The molecule has 0 aliphatic carbocycles. The number of hydrogen-bond donors (Lipinski definition) is 0. The van der Waals surface area contributed by atoms with Gasteiger partial charge in [0.05, 0.1) is 7.11 Å². The monoisotopic (exact) mass is 195 g/mol. The van der Waals surface area contributed by atoms with Gasteiger partial charge in [0.1, 0.15) is 0 Å². The smallest absolute Gasteiger partial charge is 0.330 e. The van der Waals surface area contributed by atoms with Crippen LogP contribution in [0.2, 0.25) is 0 Å². The molecule has 13 heavy (non-hydrogen) atoms. The molecule has 1 aromatic rings. The average Bonchev–Trinajstić information content (AvgIpc) is 2.63. The van der Waals surface area contributed by atoms with Crippen molar-refractivity contribution in [1.82, 2.24) is 0 Å². The third-order valence-corrected chi connectivity index (χ3v) is 2.93. The lowest BCUT2D eigenvalue weighted by Gasteiger charge is -2.13. The number of carbonyl (C=O) groups excluding carboxylic acids is 1. The van der Waals surface area contributed by atoms with Crippen molar-refractivity contribution in [2.45, 2.75) is 12.5 Å². The number of thiophene rings is 1. The summed E-state index contributed by atoms with van der Waals surface area (Å²) in [6.45, 7) is 0. The van der Waals surface area contributed by atoms with Crippen LogP contribution in [0.4, 0.5) is 0 Å². The first-order valence-electron chi connectivity index (χ1n) is 3.98. The lowest BCUT2D eigenvalue weighted by molar-refractivity contribution is -0.142. The second-order valence-electron chi connectivity index (χ2n) is 2.83. The molecule has 0 N–H and O–H groups in total. The van der Waals surface area contributed by atoms with Crippen LogP contribution in [0.5, 0.6) is 0 Å². The molecule has 2 rings (SSSR count). The first kappa shape index (κ1) is 8.44. The molecular formula is C9H9NO2S. The number of fused-ring (bicyclic) bond motifs is 1. The second-order valence-corrected chi connectivity index (χ2v) is 3.78. The van der Waals surface area contributed by atoms with Crippen LogP contribution in [0.3, 0.4) is 0 Å². The molecule has 0 fully saturated rings. The Morgan fingerprint density at radius 3 is 3.38 bits per heavy atom. The Bertz CT molecular complexity index is 356. The minimum atomic E-state index is -0.341. The number of ether oxygens (including phenoxy) is 1. The van der Waals surface area contributed by atoms with Crippen LogP contribution in [0.25, 0.3) is 0 Å². The summed E-state index contributed by atoms with van der Waals surface area (Å²) in [5, 5.41) is 2.01. The molecule has 0 aromatic carbocycles. The highest BCUT2D eigenvalue weighted by Crippen LogP contribution is 2.21. The van der Waals surface area contributed by atoms with Crippen LogP contribution in [-0.2, 0) is 16.0 Å². The fourth-order valence-electron chi connectivity index (χ4n) is 1.33. The topological polar surface area (TPSA) is 38.7 Å². The lowest BCUT2D eigenvalue weighted by atomic mass is 10.1. The molecule has 1 atom stereocenters. The van der Waals surface area contributed by atoms with E-state index in [2.05, 4.69) is 9.73 Å². The molecule has 0 bridgehead atoms. The quantitative estimate of drug-likeness (QED) is 0.633. The summed E-state index contributed by atoms with van der Waals surface area (Å²) in [5.74, 6) is -0.256. The van der Waals surface area contributed by atoms with Gasteiger partial charge in [-0.25, -0.2) is 4.79 Å². The van der Waals surface area contributed by atoms with E-state index in [0.717, 1.165) is 4.88 Å². The normalized spacial score (nSPS) is 19.6. The van der Waals surface area contributed by atoms with Gasteiger partial charge >= 0.3 is 5.97 Å². The van der Waals surface area contributed by atoms with E-state index in [4.69, 9.17) is 0 Å². The van der Waals surface area contributed by atoms with Gasteiger partial charge in [-0.2, -0.15) is 0 Å². The van der Waals surface area contributed by atoms with E-state index < -0.39 is 0 Å². The summed E-state index contributed by atoms with van der Waals surface area (Å²) < 4.78 is 4.63. The van der Waals surface area contributed by atoms with Gasteiger partial charge in [-0.05, 0) is 17.0 Å². The minimum absolute atomic E-state index is 0.256.